The fourth-order valence-corrected chi connectivity index (χ4v) is 14.4. The molecule has 0 N–H and O–H groups in total. The molecule has 3 heteroatoms. The lowest BCUT2D eigenvalue weighted by atomic mass is 9.62. The molecular formula is C67H45N2P. The first kappa shape index (κ1) is 40.5. The van der Waals surface area contributed by atoms with Gasteiger partial charge in [0.1, 0.15) is 0 Å². The van der Waals surface area contributed by atoms with Gasteiger partial charge in [-0.05, 0) is 134 Å². The maximum Gasteiger partial charge on any atom is 0.0755 e. The van der Waals surface area contributed by atoms with Crippen LogP contribution in [0.3, 0.4) is 0 Å². The van der Waals surface area contributed by atoms with Crippen molar-refractivity contribution in [1.82, 2.24) is 4.57 Å². The van der Waals surface area contributed by atoms with Crippen LogP contribution in [0.4, 0.5) is 17.1 Å². The van der Waals surface area contributed by atoms with E-state index >= 15 is 0 Å². The first-order valence-electron chi connectivity index (χ1n) is 24.2. The van der Waals surface area contributed by atoms with Crippen LogP contribution in [-0.2, 0) is 5.41 Å². The van der Waals surface area contributed by atoms with Gasteiger partial charge in [0.05, 0.1) is 22.1 Å². The quantitative estimate of drug-likeness (QED) is 0.145. The summed E-state index contributed by atoms with van der Waals surface area (Å²) < 4.78 is 2.54. The van der Waals surface area contributed by atoms with Gasteiger partial charge in [0.25, 0.3) is 0 Å². The summed E-state index contributed by atoms with van der Waals surface area (Å²) in [6.07, 6.45) is 0. The molecule has 0 bridgehead atoms. The monoisotopic (exact) mass is 908 g/mol. The van der Waals surface area contributed by atoms with Crippen LogP contribution in [0.2, 0.25) is 0 Å². The van der Waals surface area contributed by atoms with E-state index in [0.717, 1.165) is 17.1 Å². The second-order valence-corrected chi connectivity index (χ2v) is 20.6. The smallest absolute Gasteiger partial charge is 0.0755 e. The number of fused-ring (bicyclic) bond motifs is 11. The van der Waals surface area contributed by atoms with E-state index in [9.17, 15) is 0 Å². The predicted molar refractivity (Wildman–Crippen MR) is 296 cm³/mol. The van der Waals surface area contributed by atoms with Gasteiger partial charge in [-0.25, -0.2) is 0 Å². The van der Waals surface area contributed by atoms with E-state index in [1.807, 2.05) is 0 Å². The molecule has 0 amide bonds. The fourth-order valence-electron chi connectivity index (χ4n) is 11.7. The molecule has 2 unspecified atom stereocenters. The molecule has 2 nitrogen and oxygen atoms in total. The molecule has 11 aromatic carbocycles. The molecule has 2 aliphatic rings. The molecule has 2 aliphatic heterocycles. The number of hydrogen-bond acceptors (Lipinski definition) is 1. The van der Waals surface area contributed by atoms with E-state index in [2.05, 4.69) is 282 Å². The summed E-state index contributed by atoms with van der Waals surface area (Å²) in [5.41, 5.74) is 19.1. The average Bonchev–Trinajstić information content (AvgIpc) is 3.78. The van der Waals surface area contributed by atoms with Gasteiger partial charge in [-0.15, -0.1) is 0 Å². The van der Waals surface area contributed by atoms with Crippen LogP contribution in [0.1, 0.15) is 22.3 Å². The molecule has 328 valence electrons. The Bertz CT molecular complexity index is 3830. The Labute approximate surface area is 409 Å². The van der Waals surface area contributed by atoms with Gasteiger partial charge < -0.3 is 9.47 Å². The van der Waals surface area contributed by atoms with Crippen LogP contribution in [0.5, 0.6) is 0 Å². The maximum atomic E-state index is 2.55. The Morgan fingerprint density at radius 1 is 0.314 bits per heavy atom. The summed E-state index contributed by atoms with van der Waals surface area (Å²) in [5, 5.41) is 6.75. The van der Waals surface area contributed by atoms with Crippen LogP contribution in [0, 0.1) is 0 Å². The van der Waals surface area contributed by atoms with E-state index in [1.165, 1.54) is 99.0 Å². The highest BCUT2D eigenvalue weighted by Crippen LogP contribution is 2.59. The molecule has 2 atom stereocenters. The molecule has 0 saturated carbocycles. The highest BCUT2D eigenvalue weighted by Gasteiger charge is 2.51. The number of aromatic nitrogens is 1. The largest absolute Gasteiger partial charge is 0.311 e. The summed E-state index contributed by atoms with van der Waals surface area (Å²) in [5.74, 6) is 0. The van der Waals surface area contributed by atoms with Gasteiger partial charge in [-0.2, -0.15) is 0 Å². The molecule has 12 aromatic rings. The van der Waals surface area contributed by atoms with Gasteiger partial charge in [0.2, 0.25) is 0 Å². The average molecular weight is 909 g/mol. The molecular weight excluding hydrogens is 864 g/mol. The summed E-state index contributed by atoms with van der Waals surface area (Å²) >= 11 is 0. The minimum Gasteiger partial charge on any atom is -0.311 e. The lowest BCUT2D eigenvalue weighted by Crippen LogP contribution is -2.47. The summed E-state index contributed by atoms with van der Waals surface area (Å²) in [6.45, 7) is 0. The Kier molecular flexibility index (Phi) is 9.44. The van der Waals surface area contributed by atoms with Crippen LogP contribution in [0.15, 0.2) is 273 Å². The minimum atomic E-state index is -0.879. The third-order valence-corrected chi connectivity index (χ3v) is 17.3. The Morgan fingerprint density at radius 2 is 0.771 bits per heavy atom. The Hall–Kier alpha value is -8.55. The zero-order valence-electron chi connectivity index (χ0n) is 38.3. The van der Waals surface area contributed by atoms with Crippen molar-refractivity contribution >= 4 is 62.7 Å². The highest BCUT2D eigenvalue weighted by atomic mass is 31.1. The summed E-state index contributed by atoms with van der Waals surface area (Å²) in [7, 11) is -0.879. The molecule has 1 aromatic heterocycles. The first-order valence-corrected chi connectivity index (χ1v) is 25.5. The molecule has 1 spiro atoms. The number of para-hydroxylation sites is 3. The van der Waals surface area contributed by atoms with Crippen LogP contribution in [-0.4, -0.2) is 4.57 Å². The molecule has 3 heterocycles. The number of hydrogen-bond donors (Lipinski definition) is 0. The van der Waals surface area contributed by atoms with Gasteiger partial charge in [0.15, 0.2) is 0 Å². The Balaban J connectivity index is 0.955. The van der Waals surface area contributed by atoms with Crippen LogP contribution in [0.25, 0.3) is 60.9 Å². The topological polar surface area (TPSA) is 8.17 Å². The van der Waals surface area contributed by atoms with Crippen molar-refractivity contribution in [3.63, 3.8) is 0 Å². The molecule has 14 rings (SSSR count). The Morgan fingerprint density at radius 3 is 1.41 bits per heavy atom. The number of nitrogens with zero attached hydrogens (tertiary/aromatic N) is 2. The molecule has 0 aliphatic carbocycles. The van der Waals surface area contributed by atoms with Gasteiger partial charge in [-0.3, -0.25) is 0 Å². The fraction of sp³-hybridized carbons (Fsp3) is 0.0149. The van der Waals surface area contributed by atoms with Crippen molar-refractivity contribution in [2.75, 3.05) is 4.90 Å². The molecule has 70 heavy (non-hydrogen) atoms. The van der Waals surface area contributed by atoms with Gasteiger partial charge in [-0.1, -0.05) is 218 Å². The second kappa shape index (κ2) is 16.3. The summed E-state index contributed by atoms with van der Waals surface area (Å²) in [4.78, 5) is 2.37. The second-order valence-electron chi connectivity index (χ2n) is 18.4. The van der Waals surface area contributed by atoms with E-state index in [1.54, 1.807) is 0 Å². The zero-order valence-corrected chi connectivity index (χ0v) is 39.2. The van der Waals surface area contributed by atoms with E-state index < -0.39 is 13.3 Å². The third-order valence-electron chi connectivity index (χ3n) is 14.8. The third kappa shape index (κ3) is 6.17. The van der Waals surface area contributed by atoms with Crippen molar-refractivity contribution in [1.29, 1.82) is 0 Å². The van der Waals surface area contributed by atoms with Crippen LogP contribution < -0.4 is 20.8 Å². The summed E-state index contributed by atoms with van der Waals surface area (Å²) in [6, 6.07) is 101. The molecule has 0 radical (unpaired) electrons. The number of benzene rings is 11. The van der Waals surface area contributed by atoms with Crippen molar-refractivity contribution in [2.45, 2.75) is 5.41 Å². The van der Waals surface area contributed by atoms with Crippen LogP contribution >= 0.6 is 7.92 Å². The zero-order chi connectivity index (χ0) is 46.2. The number of rotatable bonds is 7. The lowest BCUT2D eigenvalue weighted by molar-refractivity contribution is 0.735. The molecule has 0 saturated heterocycles. The normalized spacial score (nSPS) is 15.3. The van der Waals surface area contributed by atoms with E-state index in [0.29, 0.717) is 0 Å². The van der Waals surface area contributed by atoms with Crippen molar-refractivity contribution in [2.24, 2.45) is 0 Å². The molecule has 0 fully saturated rings. The van der Waals surface area contributed by atoms with Gasteiger partial charge >= 0.3 is 0 Å². The SMILES string of the molecule is c1ccc(-c2ccc(N(c3ccc(-c4ccccc4)cc3)c3ccc(-c4ccc5c(c4)C4(c6ccccc6-n6c7ccccc7c7cccc4c76)c4ccccc4P5c4ccccc4)cc3)cc2)cc1. The lowest BCUT2D eigenvalue weighted by Gasteiger charge is -2.48. The minimum absolute atomic E-state index is 0.579. The van der Waals surface area contributed by atoms with E-state index in [4.69, 9.17) is 0 Å². The van der Waals surface area contributed by atoms with Gasteiger partial charge in [0, 0.05) is 27.8 Å². The number of anilines is 3. The highest BCUT2D eigenvalue weighted by molar-refractivity contribution is 7.80. The standard InChI is InChI=1S/C67H45N2P/c1-4-17-46(18-5-1)48-31-38-52(39-32-48)68(53-40-33-49(34-41-53)47-19-6-2-7-20-47)54-42-35-50(36-43-54)51-37-44-65-61(45-51)67(59-26-12-15-30-64(59)70(65)55-21-8-3-9-22-55)58-25-11-14-29-63(58)69-62-28-13-10-23-56(62)57-24-16-27-60(67)66(57)69/h1-45H. The maximum absolute atomic E-state index is 2.55. The van der Waals surface area contributed by atoms with E-state index in [-0.39, 0.29) is 0 Å². The van der Waals surface area contributed by atoms with Crippen molar-refractivity contribution in [3.05, 3.63) is 295 Å². The van der Waals surface area contributed by atoms with Crippen molar-refractivity contribution in [3.8, 4) is 39.1 Å². The first-order chi connectivity index (χ1) is 34.7. The predicted octanol–water partition coefficient (Wildman–Crippen LogP) is 16.0. The van der Waals surface area contributed by atoms with Crippen molar-refractivity contribution < 1.29 is 0 Å².